The summed E-state index contributed by atoms with van der Waals surface area (Å²) in [7, 11) is 1.59. The van der Waals surface area contributed by atoms with E-state index in [0.29, 0.717) is 5.75 Å². The van der Waals surface area contributed by atoms with Gasteiger partial charge in [0.05, 0.1) is 29.3 Å². The van der Waals surface area contributed by atoms with Gasteiger partial charge in [-0.25, -0.2) is 14.2 Å². The summed E-state index contributed by atoms with van der Waals surface area (Å²) in [5.41, 5.74) is -0.443. The van der Waals surface area contributed by atoms with Crippen LogP contribution in [0.3, 0.4) is 0 Å². The molecule has 0 radical (unpaired) electrons. The zero-order chi connectivity index (χ0) is 36.5. The molecule has 4 aromatic carbocycles. The van der Waals surface area contributed by atoms with Crippen LogP contribution in [0, 0.1) is 24.3 Å². The summed E-state index contributed by atoms with van der Waals surface area (Å²) >= 11 is 1.85. The van der Waals surface area contributed by atoms with Gasteiger partial charge in [0.2, 0.25) is 11.5 Å². The van der Waals surface area contributed by atoms with Gasteiger partial charge in [-0.15, -0.1) is 6.42 Å². The number of nitrogens with one attached hydrogen (secondary N) is 1. The Bertz CT molecular complexity index is 2210. The lowest BCUT2D eigenvalue weighted by Gasteiger charge is -2.37. The van der Waals surface area contributed by atoms with Crippen molar-refractivity contribution in [2.75, 3.05) is 16.9 Å². The van der Waals surface area contributed by atoms with E-state index in [1.807, 2.05) is 108 Å². The molecule has 0 amide bonds. The Hall–Kier alpha value is -5.39. The van der Waals surface area contributed by atoms with Crippen LogP contribution in [-0.4, -0.2) is 48.5 Å². The summed E-state index contributed by atoms with van der Waals surface area (Å²) in [5, 5.41) is 3.54. The van der Waals surface area contributed by atoms with Gasteiger partial charge in [0, 0.05) is 0 Å². The predicted molar refractivity (Wildman–Crippen MR) is 200 cm³/mol. The lowest BCUT2D eigenvalue weighted by molar-refractivity contribution is -0.154. The predicted octanol–water partition coefficient (Wildman–Crippen LogP) is 7.87. The lowest BCUT2D eigenvalue weighted by Crippen LogP contribution is -2.46. The average Bonchev–Trinajstić information content (AvgIpc) is 3.71. The largest absolute Gasteiger partial charge is 0.497 e. The molecule has 0 spiro atoms. The molecular weight excluding hydrogens is 779 g/mol. The van der Waals surface area contributed by atoms with Gasteiger partial charge in [-0.2, -0.15) is 14.4 Å². The van der Waals surface area contributed by atoms with Gasteiger partial charge in [0.25, 0.3) is 0 Å². The van der Waals surface area contributed by atoms with Gasteiger partial charge in [-0.05, 0) is 41.0 Å². The highest BCUT2D eigenvalue weighted by Gasteiger charge is 2.66. The van der Waals surface area contributed by atoms with E-state index in [-0.39, 0.29) is 27.0 Å². The summed E-state index contributed by atoms with van der Waals surface area (Å²) < 4.78 is 50.9. The number of ether oxygens (including phenoxy) is 3. The second-order valence-electron chi connectivity index (χ2n) is 12.3. The maximum atomic E-state index is 16.5. The lowest BCUT2D eigenvalue weighted by atomic mass is 9.77. The molecule has 1 N–H and O–H groups in total. The number of anilines is 1. The number of esters is 1. The van der Waals surface area contributed by atoms with Crippen LogP contribution in [0.5, 0.6) is 5.75 Å². The van der Waals surface area contributed by atoms with Gasteiger partial charge in [-0.3, -0.25) is 4.57 Å². The summed E-state index contributed by atoms with van der Waals surface area (Å²) in [6, 6.07) is 35.0. The molecule has 262 valence electrons. The van der Waals surface area contributed by atoms with Crippen LogP contribution >= 0.6 is 22.6 Å². The minimum atomic E-state index is -2.33. The fraction of sp³-hybridized carbons (Fsp3) is 0.200. The summed E-state index contributed by atoms with van der Waals surface area (Å²) in [6.45, 7) is 1.52. The van der Waals surface area contributed by atoms with Crippen LogP contribution in [0.15, 0.2) is 122 Å². The minimum absolute atomic E-state index is 0.0313. The first-order valence-corrected chi connectivity index (χ1v) is 17.8. The molecule has 4 atom stereocenters. The second-order valence-corrected chi connectivity index (χ2v) is 13.1. The molecule has 7 rings (SSSR count). The Kier molecular flexibility index (Phi) is 9.41. The quantitative estimate of drug-likeness (QED) is 0.0373. The van der Waals surface area contributed by atoms with Crippen molar-refractivity contribution in [3.8, 4) is 18.1 Å². The van der Waals surface area contributed by atoms with Crippen molar-refractivity contribution in [3.05, 3.63) is 150 Å². The molecule has 9 nitrogen and oxygen atoms in total. The number of fused-ring (bicyclic) bond motifs is 1. The number of aromatic nitrogens is 4. The number of hydrogen-bond donors (Lipinski definition) is 1. The number of hydrogen-bond acceptors (Lipinski definition) is 8. The zero-order valence-corrected chi connectivity index (χ0v) is 30.2. The number of terminal acetylenes is 1. The topological polar surface area (TPSA) is 100 Å². The van der Waals surface area contributed by atoms with E-state index in [4.69, 9.17) is 20.6 Å². The molecule has 1 aliphatic heterocycles. The first-order chi connectivity index (χ1) is 25.2. The third kappa shape index (κ3) is 5.83. The Morgan fingerprint density at radius 3 is 2.10 bits per heavy atom. The van der Waals surface area contributed by atoms with Crippen LogP contribution in [-0.2, 0) is 15.0 Å². The van der Waals surface area contributed by atoms with Crippen LogP contribution in [0.25, 0.3) is 11.2 Å². The summed E-state index contributed by atoms with van der Waals surface area (Å²) in [5.74, 6) is -1.04. The van der Waals surface area contributed by atoms with Gasteiger partial charge in [0.1, 0.15) is 11.3 Å². The molecule has 12 heteroatoms. The monoisotopic (exact) mass is 811 g/mol. The smallest absolute Gasteiger partial charge is 0.339 e. The first-order valence-electron chi connectivity index (χ1n) is 16.3. The minimum Gasteiger partial charge on any atom is -0.497 e. The highest BCUT2D eigenvalue weighted by molar-refractivity contribution is 14.1. The third-order valence-corrected chi connectivity index (χ3v) is 10.6. The Balaban J connectivity index is 1.41. The number of imidazole rings is 1. The number of benzene rings is 4. The molecule has 0 saturated carbocycles. The number of halogens is 3. The van der Waals surface area contributed by atoms with Crippen molar-refractivity contribution >= 4 is 45.5 Å². The van der Waals surface area contributed by atoms with Crippen molar-refractivity contribution < 1.29 is 27.8 Å². The molecule has 2 aromatic heterocycles. The fourth-order valence-corrected chi connectivity index (χ4v) is 7.57. The molecular formula is C40H32F2IN5O4. The zero-order valence-electron chi connectivity index (χ0n) is 28.0. The van der Waals surface area contributed by atoms with Crippen LogP contribution in [0.2, 0.25) is 0 Å². The van der Waals surface area contributed by atoms with Crippen LogP contribution in [0.4, 0.5) is 14.6 Å². The second kappa shape index (κ2) is 14.0. The number of alkyl halides is 2. The molecule has 0 unspecified atom stereocenters. The Morgan fingerprint density at radius 2 is 1.54 bits per heavy atom. The number of methoxy groups -OCH3 is 1. The maximum Gasteiger partial charge on any atom is 0.339 e. The summed E-state index contributed by atoms with van der Waals surface area (Å²) in [4.78, 5) is 26.4. The van der Waals surface area contributed by atoms with Crippen molar-refractivity contribution in [2.45, 2.75) is 30.1 Å². The van der Waals surface area contributed by atoms with E-state index >= 15 is 8.78 Å². The van der Waals surface area contributed by atoms with Crippen molar-refractivity contribution in [1.29, 1.82) is 0 Å². The van der Waals surface area contributed by atoms with Crippen molar-refractivity contribution in [1.82, 2.24) is 19.5 Å². The van der Waals surface area contributed by atoms with Crippen molar-refractivity contribution in [3.63, 3.8) is 0 Å². The Morgan fingerprint density at radius 1 is 0.962 bits per heavy atom. The first kappa shape index (κ1) is 35.0. The molecule has 3 heterocycles. The fourth-order valence-electron chi connectivity index (χ4n) is 6.73. The van der Waals surface area contributed by atoms with E-state index in [1.54, 1.807) is 37.4 Å². The molecule has 1 aliphatic rings. The van der Waals surface area contributed by atoms with Gasteiger partial charge >= 0.3 is 12.0 Å². The van der Waals surface area contributed by atoms with Gasteiger partial charge in [-0.1, -0.05) is 126 Å². The number of carbonyl (C=O) groups excluding carboxylic acids is 1. The van der Waals surface area contributed by atoms with E-state index < -0.39 is 41.2 Å². The van der Waals surface area contributed by atoms with Gasteiger partial charge in [0.15, 0.2) is 23.2 Å². The average molecular weight is 812 g/mol. The highest BCUT2D eigenvalue weighted by Crippen LogP contribution is 2.53. The third-order valence-electron chi connectivity index (χ3n) is 9.53. The SMILES string of the molecule is C#C[C@]1(OC(=O)c2ccccc2)[C@H](n2cnc3c(NC(c4ccccc4)(c4ccccc4)c4ccc(OC)cc4)nc(F)nc32)O[C@](F)(CI)[C@H]1C. The van der Waals surface area contributed by atoms with E-state index in [9.17, 15) is 4.79 Å². The molecule has 0 aliphatic carbocycles. The number of carbonyl (C=O) groups is 1. The summed E-state index contributed by atoms with van der Waals surface area (Å²) in [6.07, 6.45) is 4.85. The maximum absolute atomic E-state index is 16.5. The van der Waals surface area contributed by atoms with Gasteiger partial charge < -0.3 is 19.5 Å². The normalized spacial score (nSPS) is 21.4. The molecule has 0 bridgehead atoms. The number of nitrogens with zero attached hydrogens (tertiary/aromatic N) is 4. The van der Waals surface area contributed by atoms with Crippen LogP contribution < -0.4 is 10.1 Å². The molecule has 1 fully saturated rings. The molecule has 6 aromatic rings. The molecule has 52 heavy (non-hydrogen) atoms. The van der Waals surface area contributed by atoms with E-state index in [0.717, 1.165) is 16.7 Å². The molecule has 1 saturated heterocycles. The standard InChI is InChI=1S/C40H32F2IN5O4/c1-4-38(51-35(49)27-14-8-5-9-15-27)26(2)39(42,24-43)52-36(38)48-25-44-32-33(45-37(41)46-34(32)48)47-40(28-16-10-6-11-17-28,29-18-12-7-13-19-29)30-20-22-31(50-3)23-21-30/h1,5-23,25-26,36H,24H2,2-3H3,(H,45,46,47)/t26-,36+,38+,39+/m0/s1. The van der Waals surface area contributed by atoms with E-state index in [2.05, 4.69) is 26.2 Å². The number of rotatable bonds is 10. The van der Waals surface area contributed by atoms with Crippen molar-refractivity contribution in [2.24, 2.45) is 5.92 Å². The van der Waals surface area contributed by atoms with E-state index in [1.165, 1.54) is 17.8 Å². The van der Waals surface area contributed by atoms with Crippen LogP contribution in [0.1, 0.15) is 40.2 Å². The Labute approximate surface area is 312 Å². The highest BCUT2D eigenvalue weighted by atomic mass is 127.